The predicted octanol–water partition coefficient (Wildman–Crippen LogP) is 2.90. The summed E-state index contributed by atoms with van der Waals surface area (Å²) in [5.41, 5.74) is 1.73. The Bertz CT molecular complexity index is 766. The van der Waals surface area contributed by atoms with Gasteiger partial charge in [0.2, 0.25) is 0 Å². The summed E-state index contributed by atoms with van der Waals surface area (Å²) in [6.07, 6.45) is 4.34. The van der Waals surface area contributed by atoms with Crippen LogP contribution in [0, 0.1) is 12.8 Å². The Kier molecular flexibility index (Phi) is 12.8. The van der Waals surface area contributed by atoms with Crippen molar-refractivity contribution in [3.63, 3.8) is 0 Å². The molecule has 1 aliphatic rings. The van der Waals surface area contributed by atoms with Crippen molar-refractivity contribution in [1.29, 1.82) is 0 Å². The van der Waals surface area contributed by atoms with Crippen LogP contribution in [0.15, 0.2) is 28.1 Å². The highest BCUT2D eigenvalue weighted by molar-refractivity contribution is 14.0. The second kappa shape index (κ2) is 14.2. The van der Waals surface area contributed by atoms with Crippen molar-refractivity contribution in [2.45, 2.75) is 44.6 Å². The Morgan fingerprint density at radius 1 is 1.27 bits per heavy atom. The van der Waals surface area contributed by atoms with E-state index in [9.17, 15) is 8.42 Å². The van der Waals surface area contributed by atoms with Crippen LogP contribution in [-0.2, 0) is 25.9 Å². The number of halogens is 1. The van der Waals surface area contributed by atoms with Gasteiger partial charge in [-0.3, -0.25) is 0 Å². The van der Waals surface area contributed by atoms with E-state index < -0.39 is 9.84 Å². The molecule has 0 bridgehead atoms. The van der Waals surface area contributed by atoms with Crippen LogP contribution in [0.2, 0.25) is 0 Å². The van der Waals surface area contributed by atoms with Gasteiger partial charge in [-0.25, -0.2) is 13.4 Å². The maximum absolute atomic E-state index is 11.7. The first-order valence-electron chi connectivity index (χ1n) is 10.4. The van der Waals surface area contributed by atoms with E-state index in [0.29, 0.717) is 17.4 Å². The van der Waals surface area contributed by atoms with Gasteiger partial charge in [0.05, 0.1) is 11.4 Å². The first-order valence-corrected chi connectivity index (χ1v) is 12.3. The van der Waals surface area contributed by atoms with Crippen LogP contribution in [0.25, 0.3) is 0 Å². The van der Waals surface area contributed by atoms with Crippen molar-refractivity contribution in [2.24, 2.45) is 10.9 Å². The number of nitrogens with one attached hydrogen (secondary N) is 2. The predicted molar refractivity (Wildman–Crippen MR) is 132 cm³/mol. The van der Waals surface area contributed by atoms with Crippen LogP contribution in [0.5, 0.6) is 0 Å². The standard InChI is InChI=1S/C21H35N3O4S.HI/c1-4-22-21(23-10-5-11-28-16-18-8-12-27-13-9-18)24-15-19-6-7-20(17(2)14-19)29(3,25)26;/h6-7,14,18H,4-5,8-13,15-16H2,1-3H3,(H2,22,23,24);1H. The lowest BCUT2D eigenvalue weighted by Crippen LogP contribution is -2.38. The van der Waals surface area contributed by atoms with Crippen molar-refractivity contribution in [1.82, 2.24) is 10.6 Å². The molecule has 0 aromatic heterocycles. The average Bonchev–Trinajstić information content (AvgIpc) is 2.68. The number of aryl methyl sites for hydroxylation is 1. The van der Waals surface area contributed by atoms with E-state index in [1.165, 1.54) is 6.26 Å². The Hall–Kier alpha value is -0.910. The van der Waals surface area contributed by atoms with E-state index in [1.807, 2.05) is 26.0 Å². The van der Waals surface area contributed by atoms with E-state index in [-0.39, 0.29) is 24.0 Å². The Balaban J connectivity index is 0.00000450. The first kappa shape index (κ1) is 27.1. The average molecular weight is 554 g/mol. The lowest BCUT2D eigenvalue weighted by Gasteiger charge is -2.21. The lowest BCUT2D eigenvalue weighted by molar-refractivity contribution is 0.0203. The van der Waals surface area contributed by atoms with Gasteiger partial charge in [0.25, 0.3) is 0 Å². The minimum Gasteiger partial charge on any atom is -0.381 e. The molecule has 172 valence electrons. The van der Waals surface area contributed by atoms with Crippen molar-refractivity contribution in [3.05, 3.63) is 29.3 Å². The largest absolute Gasteiger partial charge is 0.381 e. The molecule has 0 radical (unpaired) electrons. The fourth-order valence-electron chi connectivity index (χ4n) is 3.28. The molecule has 1 aliphatic heterocycles. The summed E-state index contributed by atoms with van der Waals surface area (Å²) in [7, 11) is -3.20. The van der Waals surface area contributed by atoms with E-state index in [1.54, 1.807) is 6.07 Å². The number of benzene rings is 1. The van der Waals surface area contributed by atoms with Crippen LogP contribution >= 0.6 is 24.0 Å². The Labute approximate surface area is 198 Å². The molecule has 0 unspecified atom stereocenters. The third-order valence-electron chi connectivity index (χ3n) is 4.86. The molecule has 2 rings (SSSR count). The van der Waals surface area contributed by atoms with Gasteiger partial charge in [-0.2, -0.15) is 0 Å². The summed E-state index contributed by atoms with van der Waals surface area (Å²) < 4.78 is 34.6. The van der Waals surface area contributed by atoms with Gasteiger partial charge in [-0.15, -0.1) is 24.0 Å². The second-order valence-corrected chi connectivity index (χ2v) is 9.46. The summed E-state index contributed by atoms with van der Waals surface area (Å²) in [5.74, 6) is 1.38. The minimum absolute atomic E-state index is 0. The number of rotatable bonds is 10. The molecule has 0 spiro atoms. The van der Waals surface area contributed by atoms with Crippen molar-refractivity contribution in [3.8, 4) is 0 Å². The molecule has 0 aliphatic carbocycles. The van der Waals surface area contributed by atoms with E-state index in [4.69, 9.17) is 9.47 Å². The van der Waals surface area contributed by atoms with Crippen molar-refractivity contribution >= 4 is 39.8 Å². The smallest absolute Gasteiger partial charge is 0.191 e. The van der Waals surface area contributed by atoms with Gasteiger partial charge in [0.15, 0.2) is 15.8 Å². The fourth-order valence-corrected chi connectivity index (χ4v) is 4.24. The van der Waals surface area contributed by atoms with Gasteiger partial charge in [0, 0.05) is 45.8 Å². The Morgan fingerprint density at radius 2 is 2.00 bits per heavy atom. The Morgan fingerprint density at radius 3 is 2.63 bits per heavy atom. The SMILES string of the molecule is CCNC(=NCc1ccc(S(C)(=O)=O)c(C)c1)NCCCOCC1CCOCC1.I. The normalized spacial score (nSPS) is 15.5. The zero-order chi connectivity index (χ0) is 21.1. The van der Waals surface area contributed by atoms with Gasteiger partial charge in [0.1, 0.15) is 0 Å². The third kappa shape index (κ3) is 9.93. The summed E-state index contributed by atoms with van der Waals surface area (Å²) in [5, 5.41) is 6.56. The maximum Gasteiger partial charge on any atom is 0.191 e. The quantitative estimate of drug-likeness (QED) is 0.201. The number of hydrogen-bond acceptors (Lipinski definition) is 5. The molecule has 1 saturated heterocycles. The van der Waals surface area contributed by atoms with E-state index in [0.717, 1.165) is 75.9 Å². The minimum atomic E-state index is -3.20. The number of nitrogens with zero attached hydrogens (tertiary/aromatic N) is 1. The summed E-state index contributed by atoms with van der Waals surface area (Å²) in [6.45, 7) is 9.15. The second-order valence-electron chi connectivity index (χ2n) is 7.48. The number of hydrogen-bond donors (Lipinski definition) is 2. The zero-order valence-electron chi connectivity index (χ0n) is 18.3. The van der Waals surface area contributed by atoms with Crippen LogP contribution < -0.4 is 10.6 Å². The molecular formula is C21H36IN3O4S. The van der Waals surface area contributed by atoms with Gasteiger partial charge < -0.3 is 20.1 Å². The molecule has 1 aromatic rings. The molecule has 0 saturated carbocycles. The summed E-state index contributed by atoms with van der Waals surface area (Å²) in [4.78, 5) is 4.97. The molecule has 2 N–H and O–H groups in total. The highest BCUT2D eigenvalue weighted by Crippen LogP contribution is 2.17. The lowest BCUT2D eigenvalue weighted by atomic mass is 10.0. The molecule has 1 fully saturated rings. The van der Waals surface area contributed by atoms with Crippen molar-refractivity contribution in [2.75, 3.05) is 45.8 Å². The molecule has 9 heteroatoms. The summed E-state index contributed by atoms with van der Waals surface area (Å²) in [6, 6.07) is 5.36. The highest BCUT2D eigenvalue weighted by atomic mass is 127. The monoisotopic (exact) mass is 553 g/mol. The van der Waals surface area contributed by atoms with Gasteiger partial charge in [-0.05, 0) is 56.2 Å². The van der Waals surface area contributed by atoms with Crippen LogP contribution in [0.4, 0.5) is 0 Å². The molecule has 30 heavy (non-hydrogen) atoms. The van der Waals surface area contributed by atoms with Crippen LogP contribution in [0.1, 0.15) is 37.3 Å². The first-order chi connectivity index (χ1) is 13.9. The third-order valence-corrected chi connectivity index (χ3v) is 6.11. The summed E-state index contributed by atoms with van der Waals surface area (Å²) >= 11 is 0. The molecule has 0 amide bonds. The molecule has 7 nitrogen and oxygen atoms in total. The zero-order valence-corrected chi connectivity index (χ0v) is 21.4. The van der Waals surface area contributed by atoms with E-state index >= 15 is 0 Å². The van der Waals surface area contributed by atoms with Gasteiger partial charge >= 0.3 is 0 Å². The number of sulfone groups is 1. The number of ether oxygens (including phenoxy) is 2. The van der Waals surface area contributed by atoms with Crippen LogP contribution in [-0.4, -0.2) is 60.2 Å². The fraction of sp³-hybridized carbons (Fsp3) is 0.667. The van der Waals surface area contributed by atoms with Crippen molar-refractivity contribution < 1.29 is 17.9 Å². The molecule has 1 heterocycles. The molecule has 0 atom stereocenters. The highest BCUT2D eigenvalue weighted by Gasteiger charge is 2.13. The van der Waals surface area contributed by atoms with Gasteiger partial charge in [-0.1, -0.05) is 12.1 Å². The van der Waals surface area contributed by atoms with E-state index in [2.05, 4.69) is 15.6 Å². The molecule has 1 aromatic carbocycles. The maximum atomic E-state index is 11.7. The molecular weight excluding hydrogens is 517 g/mol. The number of aliphatic imine (C=N–C) groups is 1. The number of guanidine groups is 1. The topological polar surface area (TPSA) is 89.0 Å². The van der Waals surface area contributed by atoms with Crippen LogP contribution in [0.3, 0.4) is 0 Å².